The molecule has 10 nitrogen and oxygen atoms in total. The van der Waals surface area contributed by atoms with E-state index >= 15 is 0 Å². The van der Waals surface area contributed by atoms with Gasteiger partial charge in [-0.2, -0.15) is 0 Å². The first-order chi connectivity index (χ1) is 20.0. The summed E-state index contributed by atoms with van der Waals surface area (Å²) < 4.78 is 6.32. The van der Waals surface area contributed by atoms with Crippen LogP contribution in [0.15, 0.2) is 85.2 Å². The molecule has 3 aromatic carbocycles. The highest BCUT2D eigenvalue weighted by Gasteiger charge is 2.34. The van der Waals surface area contributed by atoms with Crippen LogP contribution in [0.3, 0.4) is 0 Å². The van der Waals surface area contributed by atoms with Crippen LogP contribution in [0.5, 0.6) is 0 Å². The second-order valence-electron chi connectivity index (χ2n) is 10.1. The molecule has 0 saturated heterocycles. The van der Waals surface area contributed by atoms with Crippen molar-refractivity contribution in [1.29, 1.82) is 0 Å². The molecule has 10 heteroatoms. The molecule has 1 aromatic heterocycles. The zero-order chi connectivity index (χ0) is 28.6. The topological polar surface area (TPSA) is 119 Å². The molecule has 1 aliphatic carbocycles. The van der Waals surface area contributed by atoms with Crippen LogP contribution in [0.25, 0.3) is 5.69 Å². The summed E-state index contributed by atoms with van der Waals surface area (Å²) in [5, 5.41) is 14.5. The van der Waals surface area contributed by atoms with Crippen molar-refractivity contribution in [2.45, 2.75) is 50.7 Å². The smallest absolute Gasteiger partial charge is 0.337 e. The predicted octanol–water partition coefficient (Wildman–Crippen LogP) is 4.28. The lowest BCUT2D eigenvalue weighted by Gasteiger charge is -2.33. The van der Waals surface area contributed by atoms with E-state index in [1.165, 1.54) is 18.1 Å². The van der Waals surface area contributed by atoms with Gasteiger partial charge in [-0.1, -0.05) is 67.8 Å². The molecule has 4 aromatic rings. The first-order valence-electron chi connectivity index (χ1n) is 13.7. The molecule has 1 fully saturated rings. The minimum absolute atomic E-state index is 0.0462. The lowest BCUT2D eigenvalue weighted by atomic mass is 9.94. The van der Waals surface area contributed by atoms with Gasteiger partial charge in [-0.05, 0) is 64.7 Å². The number of hydrogen-bond donors (Lipinski definition) is 1. The fraction of sp³-hybridized carbons (Fsp3) is 0.290. The molecular formula is C31H32N6O4. The normalized spacial score (nSPS) is 14.2. The zero-order valence-electron chi connectivity index (χ0n) is 22.8. The number of carbonyl (C=O) groups is 3. The third-order valence-electron chi connectivity index (χ3n) is 7.32. The van der Waals surface area contributed by atoms with Crippen LogP contribution in [0.2, 0.25) is 0 Å². The number of esters is 1. The van der Waals surface area contributed by atoms with Gasteiger partial charge in [0.25, 0.3) is 5.91 Å². The number of aromatic nitrogens is 4. The number of ether oxygens (including phenoxy) is 1. The van der Waals surface area contributed by atoms with Gasteiger partial charge < -0.3 is 15.0 Å². The van der Waals surface area contributed by atoms with Crippen molar-refractivity contribution in [2.75, 3.05) is 7.11 Å². The number of tetrazole rings is 1. The summed E-state index contributed by atoms with van der Waals surface area (Å²) >= 11 is 0. The average Bonchev–Trinajstić information content (AvgIpc) is 3.57. The van der Waals surface area contributed by atoms with Gasteiger partial charge in [-0.15, -0.1) is 5.10 Å². The van der Waals surface area contributed by atoms with E-state index in [0.717, 1.165) is 37.7 Å². The van der Waals surface area contributed by atoms with E-state index in [1.54, 1.807) is 53.4 Å². The summed E-state index contributed by atoms with van der Waals surface area (Å²) in [7, 11) is 1.32. The summed E-state index contributed by atoms with van der Waals surface area (Å²) in [6.07, 6.45) is 6.52. The number of hydrogen-bond acceptors (Lipinski definition) is 7. The molecule has 2 amide bonds. The van der Waals surface area contributed by atoms with Gasteiger partial charge >= 0.3 is 5.97 Å². The molecule has 0 bridgehead atoms. The van der Waals surface area contributed by atoms with Gasteiger partial charge in [-0.3, -0.25) is 9.59 Å². The van der Waals surface area contributed by atoms with Crippen molar-refractivity contribution in [3.8, 4) is 5.69 Å². The van der Waals surface area contributed by atoms with Crippen molar-refractivity contribution >= 4 is 17.8 Å². The summed E-state index contributed by atoms with van der Waals surface area (Å²) in [4.78, 5) is 42.1. The number of carbonyl (C=O) groups excluding carboxylic acids is 3. The molecule has 1 atom stereocenters. The number of nitrogens with zero attached hydrogens (tertiary/aromatic N) is 5. The maximum atomic E-state index is 14.3. The van der Waals surface area contributed by atoms with Gasteiger partial charge in [0, 0.05) is 18.2 Å². The molecule has 0 unspecified atom stereocenters. The molecule has 0 radical (unpaired) electrons. The Bertz CT molecular complexity index is 1470. The predicted molar refractivity (Wildman–Crippen MR) is 151 cm³/mol. The van der Waals surface area contributed by atoms with E-state index in [2.05, 4.69) is 20.8 Å². The first kappa shape index (κ1) is 27.7. The highest BCUT2D eigenvalue weighted by atomic mass is 16.5. The fourth-order valence-corrected chi connectivity index (χ4v) is 5.21. The number of methoxy groups -OCH3 is 1. The molecule has 5 rings (SSSR count). The standard InChI is InChI=1S/C31H32N6O4/c1-41-31(40)24-17-15-23(16-18-24)28(29(38)33-26-12-6-3-7-13-26)36(20-22-9-4-2-5-10-22)30(39)25-11-8-14-27(19-25)37-21-32-34-35-37/h2,4-5,8-11,14-19,21,26,28H,3,6-7,12-13,20H2,1H3,(H,33,38)/t28-/m1/s1. The fourth-order valence-electron chi connectivity index (χ4n) is 5.21. The minimum atomic E-state index is -0.951. The van der Waals surface area contributed by atoms with Gasteiger partial charge in [-0.25, -0.2) is 9.48 Å². The summed E-state index contributed by atoms with van der Waals surface area (Å²) in [5.41, 5.74) is 2.82. The van der Waals surface area contributed by atoms with Crippen molar-refractivity contribution in [2.24, 2.45) is 0 Å². The van der Waals surface area contributed by atoms with Crippen molar-refractivity contribution in [3.05, 3.63) is 107 Å². The van der Waals surface area contributed by atoms with Crippen molar-refractivity contribution < 1.29 is 19.1 Å². The largest absolute Gasteiger partial charge is 0.465 e. The Morgan fingerprint density at radius 2 is 1.71 bits per heavy atom. The Labute approximate surface area is 238 Å². The van der Waals surface area contributed by atoms with Gasteiger partial charge in [0.1, 0.15) is 12.4 Å². The van der Waals surface area contributed by atoms with Crippen LogP contribution in [-0.2, 0) is 16.1 Å². The lowest BCUT2D eigenvalue weighted by Crippen LogP contribution is -2.46. The quantitative estimate of drug-likeness (QED) is 0.308. The van der Waals surface area contributed by atoms with Crippen LogP contribution < -0.4 is 5.32 Å². The Balaban J connectivity index is 1.56. The molecular weight excluding hydrogens is 520 g/mol. The van der Waals surface area contributed by atoms with E-state index in [0.29, 0.717) is 22.4 Å². The maximum absolute atomic E-state index is 14.3. The van der Waals surface area contributed by atoms with Crippen LogP contribution in [0, 0.1) is 0 Å². The van der Waals surface area contributed by atoms with E-state index in [-0.39, 0.29) is 24.4 Å². The minimum Gasteiger partial charge on any atom is -0.465 e. The SMILES string of the molecule is COC(=O)c1ccc([C@H](C(=O)NC2CCCCC2)N(Cc2ccccc2)C(=O)c2cccc(-n3cnnn3)c2)cc1. The van der Waals surface area contributed by atoms with Crippen LogP contribution in [0.4, 0.5) is 0 Å². The monoisotopic (exact) mass is 552 g/mol. The van der Waals surface area contributed by atoms with Gasteiger partial charge in [0.15, 0.2) is 0 Å². The molecule has 0 aliphatic heterocycles. The van der Waals surface area contributed by atoms with Crippen LogP contribution in [-0.4, -0.2) is 56.0 Å². The van der Waals surface area contributed by atoms with E-state index in [1.807, 2.05) is 30.3 Å². The summed E-state index contributed by atoms with van der Waals surface area (Å²) in [6.45, 7) is 0.191. The Morgan fingerprint density at radius 3 is 2.39 bits per heavy atom. The number of amides is 2. The van der Waals surface area contributed by atoms with E-state index in [4.69, 9.17) is 4.74 Å². The molecule has 1 saturated carbocycles. The molecule has 41 heavy (non-hydrogen) atoms. The third kappa shape index (κ3) is 6.66. The maximum Gasteiger partial charge on any atom is 0.337 e. The number of nitrogens with one attached hydrogen (secondary N) is 1. The Morgan fingerprint density at radius 1 is 0.951 bits per heavy atom. The van der Waals surface area contributed by atoms with Gasteiger partial charge in [0.05, 0.1) is 18.4 Å². The van der Waals surface area contributed by atoms with Crippen LogP contribution >= 0.6 is 0 Å². The number of rotatable bonds is 9. The van der Waals surface area contributed by atoms with Crippen molar-refractivity contribution in [1.82, 2.24) is 30.4 Å². The highest BCUT2D eigenvalue weighted by molar-refractivity contribution is 5.98. The summed E-state index contributed by atoms with van der Waals surface area (Å²) in [6, 6.07) is 22.3. The molecule has 1 heterocycles. The average molecular weight is 553 g/mol. The number of benzene rings is 3. The second-order valence-corrected chi connectivity index (χ2v) is 10.1. The molecule has 210 valence electrons. The molecule has 0 spiro atoms. The zero-order valence-corrected chi connectivity index (χ0v) is 22.8. The Hall–Kier alpha value is -4.86. The summed E-state index contributed by atoms with van der Waals surface area (Å²) in [5.74, 6) is -1.07. The molecule has 1 N–H and O–H groups in total. The first-order valence-corrected chi connectivity index (χ1v) is 13.7. The third-order valence-corrected chi connectivity index (χ3v) is 7.32. The lowest BCUT2D eigenvalue weighted by molar-refractivity contribution is -0.127. The van der Waals surface area contributed by atoms with E-state index < -0.39 is 12.0 Å². The van der Waals surface area contributed by atoms with E-state index in [9.17, 15) is 14.4 Å². The van der Waals surface area contributed by atoms with Crippen molar-refractivity contribution in [3.63, 3.8) is 0 Å². The Kier molecular flexibility index (Phi) is 8.78. The second kappa shape index (κ2) is 13.0. The van der Waals surface area contributed by atoms with Gasteiger partial charge in [0.2, 0.25) is 5.91 Å². The molecule has 1 aliphatic rings. The van der Waals surface area contributed by atoms with Crippen LogP contribution in [0.1, 0.15) is 70.0 Å². The highest BCUT2D eigenvalue weighted by Crippen LogP contribution is 2.28.